The monoisotopic (exact) mass is 352 g/mol. The number of benzene rings is 1. The molecule has 136 valence electrons. The first-order valence-electron chi connectivity index (χ1n) is 9.25. The van der Waals surface area contributed by atoms with Gasteiger partial charge < -0.3 is 19.2 Å². The molecule has 2 aromatic heterocycles. The number of hydrogen-bond donors (Lipinski definition) is 1. The van der Waals surface area contributed by atoms with E-state index in [0.717, 1.165) is 49.5 Å². The predicted molar refractivity (Wildman–Crippen MR) is 99.9 cm³/mol. The second-order valence-corrected chi connectivity index (χ2v) is 6.62. The molecule has 3 aromatic rings. The van der Waals surface area contributed by atoms with Crippen molar-refractivity contribution in [3.05, 3.63) is 54.4 Å². The molecule has 1 aliphatic rings. The molecular weight excluding hydrogens is 328 g/mol. The summed E-state index contributed by atoms with van der Waals surface area (Å²) >= 11 is 0. The number of aryl methyl sites for hydroxylation is 1. The summed E-state index contributed by atoms with van der Waals surface area (Å²) in [6.07, 6.45) is 4.71. The highest BCUT2D eigenvalue weighted by Crippen LogP contribution is 2.25. The summed E-state index contributed by atoms with van der Waals surface area (Å²) in [5.41, 5.74) is 2.38. The van der Waals surface area contributed by atoms with Crippen molar-refractivity contribution < 1.29 is 8.94 Å². The average molecular weight is 352 g/mol. The van der Waals surface area contributed by atoms with Gasteiger partial charge in [0.1, 0.15) is 5.76 Å². The standard InChI is InChI=1S/C20H24N4O2/c1-2-20-22-19(23-26-20)14-21-16-9-11-24(12-10-16)17-7-5-15(6-8-17)18-4-3-13-25-18/h3-8,13,16,21H,2,9-12,14H2,1H3. The highest BCUT2D eigenvalue weighted by atomic mass is 16.5. The van der Waals surface area contributed by atoms with E-state index in [1.54, 1.807) is 6.26 Å². The Morgan fingerprint density at radius 2 is 1.96 bits per heavy atom. The number of furan rings is 1. The summed E-state index contributed by atoms with van der Waals surface area (Å²) in [4.78, 5) is 6.78. The van der Waals surface area contributed by atoms with Gasteiger partial charge in [-0.05, 0) is 49.2 Å². The van der Waals surface area contributed by atoms with Gasteiger partial charge in [-0.3, -0.25) is 0 Å². The molecule has 1 aliphatic heterocycles. The van der Waals surface area contributed by atoms with Gasteiger partial charge in [0, 0.05) is 36.8 Å². The summed E-state index contributed by atoms with van der Waals surface area (Å²) in [6, 6.07) is 13.0. The number of rotatable bonds is 6. The zero-order chi connectivity index (χ0) is 17.8. The van der Waals surface area contributed by atoms with Gasteiger partial charge in [0.15, 0.2) is 5.82 Å². The molecule has 0 aliphatic carbocycles. The molecule has 6 nitrogen and oxygen atoms in total. The molecule has 0 saturated carbocycles. The lowest BCUT2D eigenvalue weighted by molar-refractivity contribution is 0.367. The number of nitrogens with zero attached hydrogens (tertiary/aromatic N) is 3. The zero-order valence-corrected chi connectivity index (χ0v) is 15.0. The molecule has 0 atom stereocenters. The molecule has 1 fully saturated rings. The van der Waals surface area contributed by atoms with Crippen LogP contribution in [0.25, 0.3) is 11.3 Å². The maximum Gasteiger partial charge on any atom is 0.226 e. The molecule has 1 N–H and O–H groups in total. The minimum absolute atomic E-state index is 0.497. The smallest absolute Gasteiger partial charge is 0.226 e. The Morgan fingerprint density at radius 1 is 1.15 bits per heavy atom. The van der Waals surface area contributed by atoms with Crippen molar-refractivity contribution in [3.8, 4) is 11.3 Å². The predicted octanol–water partition coefficient (Wildman–Crippen LogP) is 3.65. The fraction of sp³-hybridized carbons (Fsp3) is 0.400. The lowest BCUT2D eigenvalue weighted by Crippen LogP contribution is -2.42. The average Bonchev–Trinajstić information content (AvgIpc) is 3.39. The minimum Gasteiger partial charge on any atom is -0.464 e. The summed E-state index contributed by atoms with van der Waals surface area (Å²) < 4.78 is 10.6. The van der Waals surface area contributed by atoms with Gasteiger partial charge in [0.05, 0.1) is 12.8 Å². The number of anilines is 1. The second-order valence-electron chi connectivity index (χ2n) is 6.62. The topological polar surface area (TPSA) is 67.3 Å². The van der Waals surface area contributed by atoms with Gasteiger partial charge in [0.25, 0.3) is 0 Å². The van der Waals surface area contributed by atoms with E-state index in [1.807, 2.05) is 19.1 Å². The summed E-state index contributed by atoms with van der Waals surface area (Å²) in [7, 11) is 0. The van der Waals surface area contributed by atoms with E-state index >= 15 is 0 Å². The van der Waals surface area contributed by atoms with Crippen molar-refractivity contribution in [2.24, 2.45) is 0 Å². The van der Waals surface area contributed by atoms with Gasteiger partial charge in [-0.15, -0.1) is 0 Å². The van der Waals surface area contributed by atoms with Crippen LogP contribution in [0.15, 0.2) is 51.6 Å². The van der Waals surface area contributed by atoms with Crippen LogP contribution in [-0.2, 0) is 13.0 Å². The van der Waals surface area contributed by atoms with Gasteiger partial charge in [-0.25, -0.2) is 0 Å². The van der Waals surface area contributed by atoms with Gasteiger partial charge >= 0.3 is 0 Å². The van der Waals surface area contributed by atoms with Crippen molar-refractivity contribution >= 4 is 5.69 Å². The highest BCUT2D eigenvalue weighted by Gasteiger charge is 2.19. The summed E-state index contributed by atoms with van der Waals surface area (Å²) in [6.45, 7) is 4.78. The third kappa shape index (κ3) is 3.80. The van der Waals surface area contributed by atoms with Crippen LogP contribution in [-0.4, -0.2) is 29.3 Å². The molecule has 1 saturated heterocycles. The first-order valence-corrected chi connectivity index (χ1v) is 9.25. The Labute approximate surface area is 153 Å². The van der Waals surface area contributed by atoms with E-state index in [2.05, 4.69) is 44.6 Å². The molecule has 0 amide bonds. The van der Waals surface area contributed by atoms with Crippen LogP contribution in [0.4, 0.5) is 5.69 Å². The zero-order valence-electron chi connectivity index (χ0n) is 15.0. The van der Waals surface area contributed by atoms with Crippen LogP contribution in [0.3, 0.4) is 0 Å². The van der Waals surface area contributed by atoms with Crippen LogP contribution in [0, 0.1) is 0 Å². The maximum absolute atomic E-state index is 5.45. The van der Waals surface area contributed by atoms with Crippen LogP contribution < -0.4 is 10.2 Å². The van der Waals surface area contributed by atoms with E-state index in [1.165, 1.54) is 5.69 Å². The Bertz CT molecular complexity index is 803. The summed E-state index contributed by atoms with van der Waals surface area (Å²) in [5.74, 6) is 2.36. The van der Waals surface area contributed by atoms with Crippen LogP contribution >= 0.6 is 0 Å². The third-order valence-electron chi connectivity index (χ3n) is 4.89. The summed E-state index contributed by atoms with van der Waals surface area (Å²) in [5, 5.41) is 7.55. The molecule has 1 aromatic carbocycles. The van der Waals surface area contributed by atoms with E-state index in [9.17, 15) is 0 Å². The quantitative estimate of drug-likeness (QED) is 0.730. The van der Waals surface area contributed by atoms with Crippen LogP contribution in [0.5, 0.6) is 0 Å². The Morgan fingerprint density at radius 3 is 2.62 bits per heavy atom. The van der Waals surface area contributed by atoms with E-state index in [4.69, 9.17) is 8.94 Å². The fourth-order valence-corrected chi connectivity index (χ4v) is 3.36. The normalized spacial score (nSPS) is 15.5. The van der Waals surface area contributed by atoms with Gasteiger partial charge in [-0.1, -0.05) is 12.1 Å². The lowest BCUT2D eigenvalue weighted by atomic mass is 10.0. The second kappa shape index (κ2) is 7.74. The number of nitrogens with one attached hydrogen (secondary N) is 1. The Hall–Kier alpha value is -2.60. The number of hydrogen-bond acceptors (Lipinski definition) is 6. The number of piperidine rings is 1. The minimum atomic E-state index is 0.497. The van der Waals surface area contributed by atoms with Gasteiger partial charge in [-0.2, -0.15) is 4.98 Å². The molecule has 0 bridgehead atoms. The highest BCUT2D eigenvalue weighted by molar-refractivity contribution is 5.61. The third-order valence-corrected chi connectivity index (χ3v) is 4.89. The Balaban J connectivity index is 1.28. The molecule has 0 radical (unpaired) electrons. The fourth-order valence-electron chi connectivity index (χ4n) is 3.36. The van der Waals surface area contributed by atoms with E-state index in [-0.39, 0.29) is 0 Å². The van der Waals surface area contributed by atoms with E-state index < -0.39 is 0 Å². The molecular formula is C20H24N4O2. The number of aromatic nitrogens is 2. The largest absolute Gasteiger partial charge is 0.464 e. The molecule has 0 unspecified atom stereocenters. The van der Waals surface area contributed by atoms with Crippen molar-refractivity contribution in [1.82, 2.24) is 15.5 Å². The molecule has 4 rings (SSSR count). The molecule has 3 heterocycles. The maximum atomic E-state index is 5.45. The molecule has 0 spiro atoms. The van der Waals surface area contributed by atoms with Crippen LogP contribution in [0.1, 0.15) is 31.5 Å². The first-order chi connectivity index (χ1) is 12.8. The van der Waals surface area contributed by atoms with Crippen molar-refractivity contribution in [2.45, 2.75) is 38.8 Å². The Kier molecular flexibility index (Phi) is 5.02. The van der Waals surface area contributed by atoms with E-state index in [0.29, 0.717) is 18.5 Å². The lowest BCUT2D eigenvalue weighted by Gasteiger charge is -2.34. The van der Waals surface area contributed by atoms with Crippen molar-refractivity contribution in [1.29, 1.82) is 0 Å². The van der Waals surface area contributed by atoms with Crippen LogP contribution in [0.2, 0.25) is 0 Å². The SMILES string of the molecule is CCc1nc(CNC2CCN(c3ccc(-c4ccco4)cc3)CC2)no1. The van der Waals surface area contributed by atoms with Crippen molar-refractivity contribution in [3.63, 3.8) is 0 Å². The molecule has 6 heteroatoms. The molecule has 26 heavy (non-hydrogen) atoms. The first kappa shape index (κ1) is 16.8. The van der Waals surface area contributed by atoms with Crippen molar-refractivity contribution in [2.75, 3.05) is 18.0 Å². The van der Waals surface area contributed by atoms with Gasteiger partial charge in [0.2, 0.25) is 5.89 Å².